The summed E-state index contributed by atoms with van der Waals surface area (Å²) < 4.78 is 5.03. The van der Waals surface area contributed by atoms with Gasteiger partial charge in [-0.15, -0.1) is 0 Å². The van der Waals surface area contributed by atoms with Crippen molar-refractivity contribution in [1.29, 1.82) is 5.26 Å². The number of methoxy groups -OCH3 is 1. The maximum absolute atomic E-state index is 12.1. The molecule has 4 heteroatoms. The second-order valence-corrected chi connectivity index (χ2v) is 3.61. The van der Waals surface area contributed by atoms with Gasteiger partial charge in [-0.1, -0.05) is 6.92 Å². The summed E-state index contributed by atoms with van der Waals surface area (Å²) in [5.41, 5.74) is 0.578. The second-order valence-electron chi connectivity index (χ2n) is 3.61. The molecule has 1 aromatic carbocycles. The normalized spacial score (nSPS) is 9.47. The maximum atomic E-state index is 12.1. The van der Waals surface area contributed by atoms with Crippen LogP contribution < -0.4 is 4.74 Å². The van der Waals surface area contributed by atoms with Crippen LogP contribution in [-0.4, -0.2) is 31.0 Å². The highest BCUT2D eigenvalue weighted by atomic mass is 16.5. The molecule has 0 fully saturated rings. The van der Waals surface area contributed by atoms with Gasteiger partial charge in [0.05, 0.1) is 13.2 Å². The number of benzene rings is 1. The summed E-state index contributed by atoms with van der Waals surface area (Å²) >= 11 is 0. The van der Waals surface area contributed by atoms with Gasteiger partial charge in [0.2, 0.25) is 0 Å². The second kappa shape index (κ2) is 6.54. The van der Waals surface area contributed by atoms with Gasteiger partial charge < -0.3 is 9.64 Å². The Morgan fingerprint density at radius 1 is 1.41 bits per heavy atom. The summed E-state index contributed by atoms with van der Waals surface area (Å²) in [7, 11) is 1.58. The zero-order chi connectivity index (χ0) is 12.7. The fourth-order valence-electron chi connectivity index (χ4n) is 1.52. The minimum atomic E-state index is -0.115. The first-order valence-corrected chi connectivity index (χ1v) is 5.53. The van der Waals surface area contributed by atoms with Gasteiger partial charge in [0.1, 0.15) is 12.3 Å². The molecule has 0 spiro atoms. The summed E-state index contributed by atoms with van der Waals surface area (Å²) in [5.74, 6) is 0.597. The highest BCUT2D eigenvalue weighted by molar-refractivity contribution is 5.94. The third kappa shape index (κ3) is 3.49. The van der Waals surface area contributed by atoms with Crippen molar-refractivity contribution in [2.45, 2.75) is 13.3 Å². The molecule has 4 nitrogen and oxygen atoms in total. The molecule has 0 bridgehead atoms. The summed E-state index contributed by atoms with van der Waals surface area (Å²) in [6.45, 7) is 2.70. The summed E-state index contributed by atoms with van der Waals surface area (Å²) in [6, 6.07) is 8.90. The SMILES string of the molecule is CCCN(CC#N)C(=O)c1ccc(OC)cc1. The lowest BCUT2D eigenvalue weighted by Gasteiger charge is -2.18. The Labute approximate surface area is 101 Å². The number of carbonyl (C=O) groups excluding carboxylic acids is 1. The Bertz CT molecular complexity index is 406. The molecule has 0 saturated carbocycles. The van der Waals surface area contributed by atoms with Crippen LogP contribution in [0.1, 0.15) is 23.7 Å². The predicted molar refractivity (Wildman–Crippen MR) is 64.8 cm³/mol. The van der Waals surface area contributed by atoms with Crippen LogP contribution in [0.5, 0.6) is 5.75 Å². The number of hydrogen-bond acceptors (Lipinski definition) is 3. The van der Waals surface area contributed by atoms with Crippen molar-refractivity contribution in [2.24, 2.45) is 0 Å². The summed E-state index contributed by atoms with van der Waals surface area (Å²) in [6.07, 6.45) is 0.837. The molecule has 1 rings (SSSR count). The first-order chi connectivity index (χ1) is 8.22. The molecule has 0 heterocycles. The Morgan fingerprint density at radius 3 is 2.53 bits per heavy atom. The number of hydrogen-bond donors (Lipinski definition) is 0. The molecule has 0 radical (unpaired) electrons. The van der Waals surface area contributed by atoms with Crippen molar-refractivity contribution in [3.63, 3.8) is 0 Å². The molecule has 1 amide bonds. The third-order valence-corrected chi connectivity index (χ3v) is 2.38. The van der Waals surface area contributed by atoms with E-state index >= 15 is 0 Å². The van der Waals surface area contributed by atoms with E-state index in [0.717, 1.165) is 6.42 Å². The number of carbonyl (C=O) groups is 1. The van der Waals surface area contributed by atoms with Crippen molar-refractivity contribution in [1.82, 2.24) is 4.90 Å². The molecule has 1 aromatic rings. The smallest absolute Gasteiger partial charge is 0.254 e. The molecule has 0 saturated heterocycles. The molecule has 0 aliphatic rings. The molecule has 0 N–H and O–H groups in total. The van der Waals surface area contributed by atoms with Gasteiger partial charge in [0.25, 0.3) is 5.91 Å². The predicted octanol–water partition coefficient (Wildman–Crippen LogP) is 2.07. The van der Waals surface area contributed by atoms with E-state index in [9.17, 15) is 4.79 Å². The van der Waals surface area contributed by atoms with Crippen LogP contribution in [0.3, 0.4) is 0 Å². The van der Waals surface area contributed by atoms with E-state index in [1.807, 2.05) is 13.0 Å². The van der Waals surface area contributed by atoms with Gasteiger partial charge in [0.15, 0.2) is 0 Å². The fourth-order valence-corrected chi connectivity index (χ4v) is 1.52. The Balaban J connectivity index is 2.81. The van der Waals surface area contributed by atoms with Gasteiger partial charge in [-0.05, 0) is 30.7 Å². The number of rotatable bonds is 5. The summed E-state index contributed by atoms with van der Waals surface area (Å²) in [5, 5.41) is 8.68. The number of nitrogens with zero attached hydrogens (tertiary/aromatic N) is 2. The summed E-state index contributed by atoms with van der Waals surface area (Å²) in [4.78, 5) is 13.6. The lowest BCUT2D eigenvalue weighted by molar-refractivity contribution is 0.0776. The van der Waals surface area contributed by atoms with Crippen molar-refractivity contribution in [3.05, 3.63) is 29.8 Å². The van der Waals surface area contributed by atoms with E-state index in [4.69, 9.17) is 10.00 Å². The van der Waals surface area contributed by atoms with Gasteiger partial charge >= 0.3 is 0 Å². The fraction of sp³-hybridized carbons (Fsp3) is 0.385. The Kier molecular flexibility index (Phi) is 5.02. The van der Waals surface area contributed by atoms with Crippen LogP contribution in [-0.2, 0) is 0 Å². The Morgan fingerprint density at radius 2 is 2.06 bits per heavy atom. The standard InChI is InChI=1S/C13H16N2O2/c1-3-9-15(10-8-14)13(16)11-4-6-12(17-2)7-5-11/h4-7H,3,9-10H2,1-2H3. The molecule has 90 valence electrons. The topological polar surface area (TPSA) is 53.3 Å². The molecular weight excluding hydrogens is 216 g/mol. The van der Waals surface area contributed by atoms with Crippen LogP contribution in [0, 0.1) is 11.3 Å². The van der Waals surface area contributed by atoms with E-state index in [-0.39, 0.29) is 12.5 Å². The van der Waals surface area contributed by atoms with E-state index in [0.29, 0.717) is 17.9 Å². The quantitative estimate of drug-likeness (QED) is 0.730. The van der Waals surface area contributed by atoms with Crippen molar-refractivity contribution < 1.29 is 9.53 Å². The molecule has 0 aliphatic heterocycles. The third-order valence-electron chi connectivity index (χ3n) is 2.38. The van der Waals surface area contributed by atoms with E-state index in [1.54, 1.807) is 36.3 Å². The first-order valence-electron chi connectivity index (χ1n) is 5.53. The maximum Gasteiger partial charge on any atom is 0.254 e. The first kappa shape index (κ1) is 13.0. The van der Waals surface area contributed by atoms with Gasteiger partial charge in [0, 0.05) is 12.1 Å². The molecule has 0 aromatic heterocycles. The largest absolute Gasteiger partial charge is 0.497 e. The average molecular weight is 232 g/mol. The zero-order valence-electron chi connectivity index (χ0n) is 10.1. The molecule has 0 unspecified atom stereocenters. The van der Waals surface area contributed by atoms with Crippen LogP contribution in [0.15, 0.2) is 24.3 Å². The van der Waals surface area contributed by atoms with Crippen molar-refractivity contribution in [2.75, 3.05) is 20.2 Å². The minimum Gasteiger partial charge on any atom is -0.497 e. The average Bonchev–Trinajstić information content (AvgIpc) is 2.38. The molecular formula is C13H16N2O2. The van der Waals surface area contributed by atoms with Crippen LogP contribution >= 0.6 is 0 Å². The molecule has 17 heavy (non-hydrogen) atoms. The van der Waals surface area contributed by atoms with Crippen LogP contribution in [0.25, 0.3) is 0 Å². The van der Waals surface area contributed by atoms with Crippen molar-refractivity contribution >= 4 is 5.91 Å². The lowest BCUT2D eigenvalue weighted by Crippen LogP contribution is -2.32. The highest BCUT2D eigenvalue weighted by Crippen LogP contribution is 2.13. The minimum absolute atomic E-state index is 0.115. The Hall–Kier alpha value is -2.02. The lowest BCUT2D eigenvalue weighted by atomic mass is 10.2. The molecule has 0 atom stereocenters. The van der Waals surface area contributed by atoms with Gasteiger partial charge in [-0.2, -0.15) is 5.26 Å². The van der Waals surface area contributed by atoms with Gasteiger partial charge in [-0.3, -0.25) is 4.79 Å². The number of amides is 1. The van der Waals surface area contributed by atoms with E-state index in [1.165, 1.54) is 0 Å². The van der Waals surface area contributed by atoms with Crippen molar-refractivity contribution in [3.8, 4) is 11.8 Å². The number of nitriles is 1. The van der Waals surface area contributed by atoms with Gasteiger partial charge in [-0.25, -0.2) is 0 Å². The number of ether oxygens (including phenoxy) is 1. The monoisotopic (exact) mass is 232 g/mol. The van der Waals surface area contributed by atoms with E-state index in [2.05, 4.69) is 0 Å². The van der Waals surface area contributed by atoms with Crippen LogP contribution in [0.2, 0.25) is 0 Å². The van der Waals surface area contributed by atoms with E-state index < -0.39 is 0 Å². The zero-order valence-corrected chi connectivity index (χ0v) is 10.1. The highest BCUT2D eigenvalue weighted by Gasteiger charge is 2.14. The molecule has 0 aliphatic carbocycles. The van der Waals surface area contributed by atoms with Crippen LogP contribution in [0.4, 0.5) is 0 Å².